The van der Waals surface area contributed by atoms with E-state index in [0.29, 0.717) is 5.41 Å². The molecule has 0 radical (unpaired) electrons. The fraction of sp³-hybridized carbons (Fsp3) is 0.706. The highest BCUT2D eigenvalue weighted by atomic mass is 15.1. The van der Waals surface area contributed by atoms with Crippen molar-refractivity contribution in [1.29, 1.82) is 0 Å². The zero-order valence-corrected chi connectivity index (χ0v) is 12.6. The summed E-state index contributed by atoms with van der Waals surface area (Å²) in [6.45, 7) is 4.37. The molecule has 2 aliphatic rings. The number of hydrogen-bond donors (Lipinski definition) is 1. The minimum atomic E-state index is 0.0240. The summed E-state index contributed by atoms with van der Waals surface area (Å²) in [5.41, 5.74) is 8.78. The van der Waals surface area contributed by atoms with Crippen LogP contribution in [-0.2, 0) is 0 Å². The predicted molar refractivity (Wildman–Crippen MR) is 83.8 cm³/mol. The Kier molecular flexibility index (Phi) is 3.97. The first-order valence-electron chi connectivity index (χ1n) is 8.15. The van der Waals surface area contributed by atoms with Crippen LogP contribution in [0, 0.1) is 5.41 Å². The third-order valence-corrected chi connectivity index (χ3v) is 5.34. The van der Waals surface area contributed by atoms with Crippen molar-refractivity contribution in [2.45, 2.75) is 57.9 Å². The van der Waals surface area contributed by atoms with Crippen LogP contribution in [0.3, 0.4) is 0 Å². The van der Waals surface area contributed by atoms with E-state index in [4.69, 9.17) is 5.73 Å². The molecule has 0 amide bonds. The van der Waals surface area contributed by atoms with Gasteiger partial charge in [0.05, 0.1) is 17.6 Å². The van der Waals surface area contributed by atoms with E-state index in [1.165, 1.54) is 63.7 Å². The van der Waals surface area contributed by atoms with Gasteiger partial charge in [-0.05, 0) is 50.2 Å². The molecule has 3 heteroatoms. The minimum Gasteiger partial charge on any atom is -0.370 e. The van der Waals surface area contributed by atoms with E-state index in [2.05, 4.69) is 22.0 Å². The van der Waals surface area contributed by atoms with Crippen molar-refractivity contribution in [2.24, 2.45) is 11.1 Å². The SMILES string of the molecule is C[C@H](N)c1ccc(N2CCC3(CCCCC3)CC2)cn1. The molecule has 1 aromatic rings. The maximum Gasteiger partial charge on any atom is 0.0569 e. The van der Waals surface area contributed by atoms with E-state index in [1.807, 2.05) is 13.1 Å². The molecule has 2 fully saturated rings. The lowest BCUT2D eigenvalue weighted by molar-refractivity contribution is 0.144. The van der Waals surface area contributed by atoms with Crippen LogP contribution in [0.25, 0.3) is 0 Å². The second-order valence-corrected chi connectivity index (χ2v) is 6.78. The molecule has 1 atom stereocenters. The molecule has 0 unspecified atom stereocenters. The number of anilines is 1. The lowest BCUT2D eigenvalue weighted by Gasteiger charge is -2.45. The monoisotopic (exact) mass is 273 g/mol. The molecule has 2 heterocycles. The summed E-state index contributed by atoms with van der Waals surface area (Å²) >= 11 is 0. The van der Waals surface area contributed by atoms with Crippen molar-refractivity contribution >= 4 is 5.69 Å². The fourth-order valence-electron chi connectivity index (χ4n) is 3.89. The third-order valence-electron chi connectivity index (χ3n) is 5.34. The summed E-state index contributed by atoms with van der Waals surface area (Å²) in [6.07, 6.45) is 12.0. The number of nitrogens with zero attached hydrogens (tertiary/aromatic N) is 2. The van der Waals surface area contributed by atoms with Gasteiger partial charge in [0, 0.05) is 19.1 Å². The van der Waals surface area contributed by atoms with Gasteiger partial charge in [-0.3, -0.25) is 4.98 Å². The molecular weight excluding hydrogens is 246 g/mol. The number of piperidine rings is 1. The first-order chi connectivity index (χ1) is 9.69. The van der Waals surface area contributed by atoms with Gasteiger partial charge in [0.15, 0.2) is 0 Å². The first kappa shape index (κ1) is 13.9. The predicted octanol–water partition coefficient (Wildman–Crippen LogP) is 3.65. The standard InChI is InChI=1S/C17H27N3/c1-14(18)16-6-5-15(13-19-16)20-11-9-17(10-12-20)7-3-2-4-8-17/h5-6,13-14H,2-4,7-12,18H2,1H3/t14-/m0/s1. The molecule has 1 aliphatic heterocycles. The number of rotatable bonds is 2. The molecule has 3 nitrogen and oxygen atoms in total. The van der Waals surface area contributed by atoms with Crippen molar-refractivity contribution < 1.29 is 0 Å². The van der Waals surface area contributed by atoms with Gasteiger partial charge < -0.3 is 10.6 Å². The quantitative estimate of drug-likeness (QED) is 0.894. The molecule has 1 saturated heterocycles. The second-order valence-electron chi connectivity index (χ2n) is 6.78. The highest BCUT2D eigenvalue weighted by molar-refractivity contribution is 5.45. The van der Waals surface area contributed by atoms with Crippen LogP contribution in [0.15, 0.2) is 18.3 Å². The highest BCUT2D eigenvalue weighted by Gasteiger charge is 2.35. The van der Waals surface area contributed by atoms with Gasteiger partial charge in [0.25, 0.3) is 0 Å². The van der Waals surface area contributed by atoms with Crippen molar-refractivity contribution in [1.82, 2.24) is 4.98 Å². The van der Waals surface area contributed by atoms with Crippen molar-refractivity contribution in [3.63, 3.8) is 0 Å². The molecule has 1 spiro atoms. The molecule has 1 saturated carbocycles. The Morgan fingerprint density at radius 1 is 1.10 bits per heavy atom. The topological polar surface area (TPSA) is 42.1 Å². The average Bonchev–Trinajstić information content (AvgIpc) is 2.49. The van der Waals surface area contributed by atoms with Crippen molar-refractivity contribution in [2.75, 3.05) is 18.0 Å². The average molecular weight is 273 g/mol. The lowest BCUT2D eigenvalue weighted by Crippen LogP contribution is -2.41. The van der Waals surface area contributed by atoms with Crippen LogP contribution in [0.1, 0.15) is 63.6 Å². The van der Waals surface area contributed by atoms with Crippen LogP contribution >= 0.6 is 0 Å². The first-order valence-corrected chi connectivity index (χ1v) is 8.15. The third kappa shape index (κ3) is 2.83. The van der Waals surface area contributed by atoms with Crippen LogP contribution < -0.4 is 10.6 Å². The molecule has 1 aromatic heterocycles. The van der Waals surface area contributed by atoms with Crippen LogP contribution in [0.2, 0.25) is 0 Å². The number of nitrogens with two attached hydrogens (primary N) is 1. The molecule has 2 N–H and O–H groups in total. The van der Waals surface area contributed by atoms with Gasteiger partial charge in [-0.2, -0.15) is 0 Å². The maximum absolute atomic E-state index is 5.86. The molecule has 20 heavy (non-hydrogen) atoms. The molecule has 0 aromatic carbocycles. The number of hydrogen-bond acceptors (Lipinski definition) is 3. The molecule has 3 rings (SSSR count). The van der Waals surface area contributed by atoms with E-state index in [-0.39, 0.29) is 6.04 Å². The van der Waals surface area contributed by atoms with Crippen LogP contribution in [-0.4, -0.2) is 18.1 Å². The summed E-state index contributed by atoms with van der Waals surface area (Å²) in [5.74, 6) is 0. The van der Waals surface area contributed by atoms with E-state index in [9.17, 15) is 0 Å². The maximum atomic E-state index is 5.86. The Morgan fingerprint density at radius 3 is 2.35 bits per heavy atom. The Labute approximate surface area is 122 Å². The number of pyridine rings is 1. The largest absolute Gasteiger partial charge is 0.370 e. The van der Waals surface area contributed by atoms with E-state index >= 15 is 0 Å². The molecular formula is C17H27N3. The highest BCUT2D eigenvalue weighted by Crippen LogP contribution is 2.45. The number of aromatic nitrogens is 1. The van der Waals surface area contributed by atoms with Gasteiger partial charge >= 0.3 is 0 Å². The Balaban J connectivity index is 1.62. The zero-order valence-electron chi connectivity index (χ0n) is 12.6. The van der Waals surface area contributed by atoms with E-state index in [1.54, 1.807) is 0 Å². The lowest BCUT2D eigenvalue weighted by atomic mass is 9.68. The zero-order chi connectivity index (χ0) is 14.0. The van der Waals surface area contributed by atoms with E-state index in [0.717, 1.165) is 5.69 Å². The molecule has 1 aliphatic carbocycles. The van der Waals surface area contributed by atoms with Gasteiger partial charge in [-0.25, -0.2) is 0 Å². The van der Waals surface area contributed by atoms with Gasteiger partial charge in [-0.15, -0.1) is 0 Å². The molecule has 110 valence electrons. The summed E-state index contributed by atoms with van der Waals surface area (Å²) in [7, 11) is 0. The van der Waals surface area contributed by atoms with Gasteiger partial charge in [-0.1, -0.05) is 19.3 Å². The summed E-state index contributed by atoms with van der Waals surface area (Å²) in [5, 5.41) is 0. The summed E-state index contributed by atoms with van der Waals surface area (Å²) in [4.78, 5) is 6.99. The fourth-order valence-corrected chi connectivity index (χ4v) is 3.89. The van der Waals surface area contributed by atoms with Crippen molar-refractivity contribution in [3.8, 4) is 0 Å². The second kappa shape index (κ2) is 5.72. The van der Waals surface area contributed by atoms with Crippen molar-refractivity contribution in [3.05, 3.63) is 24.0 Å². The Hall–Kier alpha value is -1.09. The molecule has 0 bridgehead atoms. The van der Waals surface area contributed by atoms with Gasteiger partial charge in [0.2, 0.25) is 0 Å². The van der Waals surface area contributed by atoms with Gasteiger partial charge in [0.1, 0.15) is 0 Å². The Morgan fingerprint density at radius 2 is 1.80 bits per heavy atom. The van der Waals surface area contributed by atoms with Crippen LogP contribution in [0.4, 0.5) is 5.69 Å². The smallest absolute Gasteiger partial charge is 0.0569 e. The summed E-state index contributed by atoms with van der Waals surface area (Å²) < 4.78 is 0. The summed E-state index contributed by atoms with van der Waals surface area (Å²) in [6, 6.07) is 4.28. The van der Waals surface area contributed by atoms with E-state index < -0.39 is 0 Å². The van der Waals surface area contributed by atoms with Crippen LogP contribution in [0.5, 0.6) is 0 Å². The Bertz CT molecular complexity index is 422. The normalized spacial score (nSPS) is 23.8. The minimum absolute atomic E-state index is 0.0240.